The van der Waals surface area contributed by atoms with E-state index in [1.165, 1.54) is 10.5 Å². The van der Waals surface area contributed by atoms with Crippen molar-refractivity contribution in [2.75, 3.05) is 6.54 Å². The van der Waals surface area contributed by atoms with Gasteiger partial charge in [-0.3, -0.25) is 10.1 Å². The van der Waals surface area contributed by atoms with Crippen LogP contribution in [0.3, 0.4) is 0 Å². The maximum absolute atomic E-state index is 12.5. The summed E-state index contributed by atoms with van der Waals surface area (Å²) >= 11 is 0. The van der Waals surface area contributed by atoms with Gasteiger partial charge in [0.25, 0.3) is 0 Å². The Bertz CT molecular complexity index is 544. The lowest BCUT2D eigenvalue weighted by Crippen LogP contribution is -2.53. The maximum Gasteiger partial charge on any atom is 0.326 e. The molecule has 1 heterocycles. The third-order valence-corrected chi connectivity index (χ3v) is 4.89. The lowest BCUT2D eigenvalue weighted by molar-refractivity contribution is -0.149. The molecule has 0 aromatic carbocycles. The zero-order chi connectivity index (χ0) is 18.4. The minimum absolute atomic E-state index is 0.310. The molecule has 0 radical (unpaired) electrons. The second-order valence-corrected chi connectivity index (χ2v) is 6.77. The summed E-state index contributed by atoms with van der Waals surface area (Å²) in [4.78, 5) is 25.2. The van der Waals surface area contributed by atoms with E-state index < -0.39 is 30.4 Å². The average molecular weight is 352 g/mol. The number of carbonyl (C=O) groups excluding carboxylic acids is 1. The standard InChI is InChI=1S/C18H28N2O5/c1-12(16(21)20-11-5-8-15(20)18(24)25)19-14(17(22)23)10-9-13-6-3-2-4-7-13/h2-3,6,12,14-15,17,19,22-23H,4-5,7-11H2,1H3,(H,24,25)/t12-,14-,15-/m0/s1. The molecule has 2 rings (SSSR count). The first-order chi connectivity index (χ1) is 11.9. The molecule has 0 unspecified atom stereocenters. The number of carboxylic acids is 1. The van der Waals surface area contributed by atoms with Crippen LogP contribution < -0.4 is 5.32 Å². The van der Waals surface area contributed by atoms with E-state index in [0.29, 0.717) is 25.8 Å². The highest BCUT2D eigenvalue weighted by molar-refractivity contribution is 5.87. The van der Waals surface area contributed by atoms with E-state index in [0.717, 1.165) is 19.3 Å². The molecule has 0 aromatic rings. The maximum atomic E-state index is 12.5. The molecule has 0 spiro atoms. The smallest absolute Gasteiger partial charge is 0.326 e. The van der Waals surface area contributed by atoms with Crippen molar-refractivity contribution in [3.63, 3.8) is 0 Å². The predicted molar refractivity (Wildman–Crippen MR) is 92.7 cm³/mol. The molecule has 1 aliphatic carbocycles. The van der Waals surface area contributed by atoms with Crippen LogP contribution in [0.1, 0.15) is 45.4 Å². The van der Waals surface area contributed by atoms with Crippen LogP contribution in [0.4, 0.5) is 0 Å². The number of hydrogen-bond acceptors (Lipinski definition) is 5. The minimum Gasteiger partial charge on any atom is -0.480 e. The molecule has 7 nitrogen and oxygen atoms in total. The van der Waals surface area contributed by atoms with Crippen molar-refractivity contribution < 1.29 is 24.9 Å². The molecule has 2 aliphatic rings. The predicted octanol–water partition coefficient (Wildman–Crippen LogP) is 0.776. The van der Waals surface area contributed by atoms with Gasteiger partial charge < -0.3 is 20.2 Å². The number of amides is 1. The Morgan fingerprint density at radius 1 is 1.40 bits per heavy atom. The fourth-order valence-corrected chi connectivity index (χ4v) is 3.45. The number of carbonyl (C=O) groups is 2. The Labute approximate surface area is 148 Å². The molecular formula is C18H28N2O5. The van der Waals surface area contributed by atoms with Gasteiger partial charge in [0.1, 0.15) is 6.04 Å². The quantitative estimate of drug-likeness (QED) is 0.481. The summed E-state index contributed by atoms with van der Waals surface area (Å²) in [5.74, 6) is -1.30. The fourth-order valence-electron chi connectivity index (χ4n) is 3.45. The molecule has 140 valence electrons. The van der Waals surface area contributed by atoms with Crippen LogP contribution in [0.5, 0.6) is 0 Å². The van der Waals surface area contributed by atoms with Crippen molar-refractivity contribution >= 4 is 11.9 Å². The third-order valence-electron chi connectivity index (χ3n) is 4.89. The van der Waals surface area contributed by atoms with E-state index in [2.05, 4.69) is 11.4 Å². The molecule has 4 N–H and O–H groups in total. The van der Waals surface area contributed by atoms with E-state index in [1.54, 1.807) is 6.92 Å². The fraction of sp³-hybridized carbons (Fsp3) is 0.667. The van der Waals surface area contributed by atoms with Gasteiger partial charge in [-0.05, 0) is 45.4 Å². The van der Waals surface area contributed by atoms with Crippen LogP contribution in [0, 0.1) is 0 Å². The first kappa shape index (κ1) is 19.6. The zero-order valence-electron chi connectivity index (χ0n) is 14.6. The van der Waals surface area contributed by atoms with Gasteiger partial charge in [0.2, 0.25) is 5.91 Å². The zero-order valence-corrected chi connectivity index (χ0v) is 14.6. The van der Waals surface area contributed by atoms with Gasteiger partial charge in [0.15, 0.2) is 6.29 Å². The SMILES string of the molecule is C[C@H](N[C@@H](CCC1=CC=CCC1)C(O)O)C(=O)N1CCC[C@H]1C(=O)O. The van der Waals surface area contributed by atoms with Crippen molar-refractivity contribution in [2.24, 2.45) is 0 Å². The van der Waals surface area contributed by atoms with Crippen molar-refractivity contribution in [1.29, 1.82) is 0 Å². The van der Waals surface area contributed by atoms with Gasteiger partial charge in [-0.1, -0.05) is 23.8 Å². The monoisotopic (exact) mass is 352 g/mol. The van der Waals surface area contributed by atoms with Crippen molar-refractivity contribution in [3.8, 4) is 0 Å². The number of likely N-dealkylation sites (tertiary alicyclic amines) is 1. The molecular weight excluding hydrogens is 324 g/mol. The van der Waals surface area contributed by atoms with Crippen LogP contribution in [0.25, 0.3) is 0 Å². The molecule has 1 saturated heterocycles. The summed E-state index contributed by atoms with van der Waals surface area (Å²) in [6, 6.07) is -2.10. The summed E-state index contributed by atoms with van der Waals surface area (Å²) in [5.41, 5.74) is 1.25. The Kier molecular flexibility index (Phi) is 7.16. The third kappa shape index (κ3) is 5.39. The van der Waals surface area contributed by atoms with Gasteiger partial charge in [0.05, 0.1) is 12.1 Å². The van der Waals surface area contributed by atoms with Gasteiger partial charge in [-0.15, -0.1) is 0 Å². The number of aliphatic carboxylic acids is 1. The van der Waals surface area contributed by atoms with Crippen molar-refractivity contribution in [3.05, 3.63) is 23.8 Å². The van der Waals surface area contributed by atoms with Crippen LogP contribution >= 0.6 is 0 Å². The Morgan fingerprint density at radius 2 is 2.16 bits per heavy atom. The first-order valence-corrected chi connectivity index (χ1v) is 8.90. The number of hydrogen-bond donors (Lipinski definition) is 4. The number of allylic oxidation sites excluding steroid dienone is 4. The molecule has 0 aromatic heterocycles. The molecule has 0 saturated carbocycles. The van der Waals surface area contributed by atoms with E-state index in [9.17, 15) is 24.9 Å². The molecule has 0 bridgehead atoms. The summed E-state index contributed by atoms with van der Waals surface area (Å²) < 4.78 is 0. The molecule has 1 fully saturated rings. The summed E-state index contributed by atoms with van der Waals surface area (Å²) in [5, 5.41) is 31.4. The van der Waals surface area contributed by atoms with Crippen molar-refractivity contribution in [2.45, 2.75) is 69.9 Å². The van der Waals surface area contributed by atoms with Gasteiger partial charge in [-0.25, -0.2) is 4.79 Å². The number of aliphatic hydroxyl groups excluding tert-OH is 1. The van der Waals surface area contributed by atoms with Crippen LogP contribution in [0.15, 0.2) is 23.8 Å². The number of nitrogens with one attached hydrogen (secondary N) is 1. The normalized spacial score (nSPS) is 22.8. The summed E-state index contributed by atoms with van der Waals surface area (Å²) in [7, 11) is 0. The molecule has 1 amide bonds. The van der Waals surface area contributed by atoms with Crippen LogP contribution in [-0.4, -0.2) is 63.1 Å². The van der Waals surface area contributed by atoms with Gasteiger partial charge >= 0.3 is 5.97 Å². The number of nitrogens with zero attached hydrogens (tertiary/aromatic N) is 1. The van der Waals surface area contributed by atoms with Crippen molar-refractivity contribution in [1.82, 2.24) is 10.2 Å². The second-order valence-electron chi connectivity index (χ2n) is 6.77. The highest BCUT2D eigenvalue weighted by Crippen LogP contribution is 2.20. The minimum atomic E-state index is -1.58. The van der Waals surface area contributed by atoms with Gasteiger partial charge in [0, 0.05) is 6.54 Å². The second kappa shape index (κ2) is 9.12. The Balaban J connectivity index is 1.91. The lowest BCUT2D eigenvalue weighted by Gasteiger charge is -2.29. The Morgan fingerprint density at radius 3 is 2.76 bits per heavy atom. The van der Waals surface area contributed by atoms with E-state index in [-0.39, 0.29) is 5.91 Å². The lowest BCUT2D eigenvalue weighted by atomic mass is 9.97. The highest BCUT2D eigenvalue weighted by Gasteiger charge is 2.36. The molecule has 25 heavy (non-hydrogen) atoms. The Hall–Kier alpha value is -1.70. The highest BCUT2D eigenvalue weighted by atomic mass is 16.5. The molecule has 1 aliphatic heterocycles. The topological polar surface area (TPSA) is 110 Å². The van der Waals surface area contributed by atoms with Gasteiger partial charge in [-0.2, -0.15) is 0 Å². The molecule has 3 atom stereocenters. The number of carboxylic acid groups (broad SMARTS) is 1. The summed E-state index contributed by atoms with van der Waals surface area (Å²) in [6.07, 6.45) is 8.87. The van der Waals surface area contributed by atoms with E-state index >= 15 is 0 Å². The van der Waals surface area contributed by atoms with Crippen LogP contribution in [-0.2, 0) is 9.59 Å². The van der Waals surface area contributed by atoms with E-state index in [1.807, 2.05) is 12.2 Å². The molecule has 7 heteroatoms. The number of rotatable bonds is 8. The van der Waals surface area contributed by atoms with E-state index in [4.69, 9.17) is 0 Å². The number of aliphatic hydroxyl groups is 2. The summed E-state index contributed by atoms with van der Waals surface area (Å²) in [6.45, 7) is 2.06. The first-order valence-electron chi connectivity index (χ1n) is 8.90. The van der Waals surface area contributed by atoms with Crippen LogP contribution in [0.2, 0.25) is 0 Å². The average Bonchev–Trinajstić information content (AvgIpc) is 3.08. The largest absolute Gasteiger partial charge is 0.480 e.